The lowest BCUT2D eigenvalue weighted by molar-refractivity contribution is 0.142. The van der Waals surface area contributed by atoms with E-state index in [1.54, 1.807) is 12.1 Å². The van der Waals surface area contributed by atoms with Crippen molar-refractivity contribution in [3.63, 3.8) is 0 Å². The Morgan fingerprint density at radius 3 is 2.71 bits per heavy atom. The lowest BCUT2D eigenvalue weighted by atomic mass is 10.2. The van der Waals surface area contributed by atoms with Crippen molar-refractivity contribution in [3.8, 4) is 0 Å². The number of halogens is 1. The Morgan fingerprint density at radius 1 is 1.39 bits per heavy atom. The molecule has 3 N–H and O–H groups in total. The number of ether oxygens (including phenoxy) is 2. The van der Waals surface area contributed by atoms with E-state index in [-0.39, 0.29) is 11.7 Å². The second-order valence-corrected chi connectivity index (χ2v) is 6.81. The van der Waals surface area contributed by atoms with Gasteiger partial charge in [0.2, 0.25) is 0 Å². The molecule has 2 heterocycles. The highest BCUT2D eigenvalue weighted by atomic mass is 32.1. The van der Waals surface area contributed by atoms with E-state index in [0.29, 0.717) is 44.1 Å². The summed E-state index contributed by atoms with van der Waals surface area (Å²) in [5.74, 6) is -0.444. The normalized spacial score (nSPS) is 19.4. The van der Waals surface area contributed by atoms with Crippen LogP contribution in [0.5, 0.6) is 0 Å². The molecule has 0 aliphatic carbocycles. The lowest BCUT2D eigenvalue weighted by Gasteiger charge is -2.35. The first-order chi connectivity index (χ1) is 13.4. The molecule has 2 aliphatic rings. The standard InChI is InChI=1S/C17H22FN5O4S/c1-26-16(28)20-9-12-10-23(17(25)27-12)11-2-3-14(13(18)8-11)21-4-6-22(7-5-21)15(19)24/h2-3,8,12H,4-7,9-10H2,1H3,(H2,19,24)(H,20,28)/t12-/m0/s1. The maximum Gasteiger partial charge on any atom is 0.414 e. The highest BCUT2D eigenvalue weighted by Gasteiger charge is 2.33. The third-order valence-electron chi connectivity index (χ3n) is 4.71. The molecule has 2 fully saturated rings. The number of rotatable bonds is 4. The van der Waals surface area contributed by atoms with Crippen LogP contribution in [0.3, 0.4) is 0 Å². The highest BCUT2D eigenvalue weighted by molar-refractivity contribution is 7.80. The average molecular weight is 411 g/mol. The second kappa shape index (κ2) is 8.46. The average Bonchev–Trinajstić information content (AvgIpc) is 3.06. The van der Waals surface area contributed by atoms with E-state index in [4.69, 9.17) is 27.4 Å². The number of piperazine rings is 1. The molecule has 3 amide bonds. The molecule has 0 saturated carbocycles. The summed E-state index contributed by atoms with van der Waals surface area (Å²) in [6.45, 7) is 2.42. The van der Waals surface area contributed by atoms with Gasteiger partial charge < -0.3 is 30.3 Å². The molecule has 0 radical (unpaired) electrons. The summed E-state index contributed by atoms with van der Waals surface area (Å²) in [4.78, 5) is 28.1. The second-order valence-electron chi connectivity index (χ2n) is 6.44. The summed E-state index contributed by atoms with van der Waals surface area (Å²) >= 11 is 4.89. The Hall–Kier alpha value is -2.82. The predicted molar refractivity (Wildman–Crippen MR) is 105 cm³/mol. The number of nitrogens with zero attached hydrogens (tertiary/aromatic N) is 3. The first kappa shape index (κ1) is 19.9. The van der Waals surface area contributed by atoms with Crippen molar-refractivity contribution in [2.45, 2.75) is 6.10 Å². The number of primary amides is 1. The number of carbonyl (C=O) groups excluding carboxylic acids is 2. The fourth-order valence-electron chi connectivity index (χ4n) is 3.20. The van der Waals surface area contributed by atoms with Crippen LogP contribution in [-0.2, 0) is 9.47 Å². The van der Waals surface area contributed by atoms with E-state index in [2.05, 4.69) is 5.32 Å². The van der Waals surface area contributed by atoms with Crippen molar-refractivity contribution < 1.29 is 23.5 Å². The Bertz CT molecular complexity index is 772. The van der Waals surface area contributed by atoms with Gasteiger partial charge in [-0.2, -0.15) is 0 Å². The lowest BCUT2D eigenvalue weighted by Crippen LogP contribution is -2.50. The van der Waals surface area contributed by atoms with Gasteiger partial charge >= 0.3 is 12.1 Å². The van der Waals surface area contributed by atoms with Crippen LogP contribution in [0, 0.1) is 5.82 Å². The summed E-state index contributed by atoms with van der Waals surface area (Å²) in [6, 6.07) is 4.14. The van der Waals surface area contributed by atoms with Gasteiger partial charge in [0.05, 0.1) is 31.6 Å². The monoisotopic (exact) mass is 411 g/mol. The van der Waals surface area contributed by atoms with Crippen LogP contribution in [0.15, 0.2) is 18.2 Å². The van der Waals surface area contributed by atoms with E-state index >= 15 is 0 Å². The molecule has 152 valence electrons. The fraction of sp³-hybridized carbons (Fsp3) is 0.471. The number of anilines is 2. The quantitative estimate of drug-likeness (QED) is 0.709. The molecule has 11 heteroatoms. The molecular weight excluding hydrogens is 389 g/mol. The van der Waals surface area contributed by atoms with Crippen molar-refractivity contribution in [1.29, 1.82) is 0 Å². The number of benzene rings is 1. The predicted octanol–water partition coefficient (Wildman–Crippen LogP) is 0.872. The molecule has 9 nitrogen and oxygen atoms in total. The minimum absolute atomic E-state index is 0.210. The summed E-state index contributed by atoms with van der Waals surface area (Å²) < 4.78 is 24.8. The maximum atomic E-state index is 14.7. The summed E-state index contributed by atoms with van der Waals surface area (Å²) in [5.41, 5.74) is 6.10. The number of carbonyl (C=O) groups is 2. The molecular formula is C17H22FN5O4S. The first-order valence-electron chi connectivity index (χ1n) is 8.78. The van der Waals surface area contributed by atoms with E-state index in [1.807, 2.05) is 4.90 Å². The van der Waals surface area contributed by atoms with Gasteiger partial charge in [0.1, 0.15) is 11.9 Å². The van der Waals surface area contributed by atoms with Gasteiger partial charge in [0, 0.05) is 26.2 Å². The molecule has 2 saturated heterocycles. The Balaban J connectivity index is 1.63. The van der Waals surface area contributed by atoms with E-state index in [1.165, 1.54) is 23.0 Å². The molecule has 1 atom stereocenters. The number of hydrogen-bond acceptors (Lipinski definition) is 6. The van der Waals surface area contributed by atoms with Crippen LogP contribution in [0.4, 0.5) is 25.4 Å². The van der Waals surface area contributed by atoms with Crippen LogP contribution in [0.2, 0.25) is 0 Å². The minimum Gasteiger partial charge on any atom is -0.474 e. The van der Waals surface area contributed by atoms with Crippen LogP contribution in [0.25, 0.3) is 0 Å². The Labute approximate surface area is 167 Å². The topological polar surface area (TPSA) is 100 Å². The molecule has 3 rings (SSSR count). The Morgan fingerprint density at radius 2 is 2.11 bits per heavy atom. The molecule has 0 unspecified atom stereocenters. The molecule has 1 aromatic carbocycles. The number of hydrogen-bond donors (Lipinski definition) is 2. The van der Waals surface area contributed by atoms with E-state index in [9.17, 15) is 14.0 Å². The van der Waals surface area contributed by atoms with Crippen molar-refractivity contribution in [2.75, 3.05) is 56.2 Å². The summed E-state index contributed by atoms with van der Waals surface area (Å²) in [5, 5.41) is 3.04. The maximum absolute atomic E-state index is 14.7. The Kier molecular flexibility index (Phi) is 6.02. The molecule has 0 spiro atoms. The number of urea groups is 1. The summed E-state index contributed by atoms with van der Waals surface area (Å²) in [7, 11) is 1.44. The summed E-state index contributed by atoms with van der Waals surface area (Å²) in [6.07, 6.45) is -0.970. The number of cyclic esters (lactones) is 1. The first-order valence-corrected chi connectivity index (χ1v) is 9.18. The smallest absolute Gasteiger partial charge is 0.414 e. The zero-order valence-corrected chi connectivity index (χ0v) is 16.2. The zero-order valence-electron chi connectivity index (χ0n) is 15.4. The van der Waals surface area contributed by atoms with Gasteiger partial charge in [-0.1, -0.05) is 0 Å². The third-order valence-corrected chi connectivity index (χ3v) is 5.02. The van der Waals surface area contributed by atoms with Crippen LogP contribution >= 0.6 is 12.2 Å². The van der Waals surface area contributed by atoms with Gasteiger partial charge in [0.15, 0.2) is 0 Å². The SMILES string of the molecule is COC(=S)NC[C@H]1CN(c2ccc(N3CCN(C(N)=O)CC3)c(F)c2)C(=O)O1. The van der Waals surface area contributed by atoms with Crippen LogP contribution in [-0.4, -0.2) is 74.7 Å². The van der Waals surface area contributed by atoms with Gasteiger partial charge in [0.25, 0.3) is 5.17 Å². The molecule has 0 bridgehead atoms. The molecule has 28 heavy (non-hydrogen) atoms. The van der Waals surface area contributed by atoms with Gasteiger partial charge in [-0.05, 0) is 30.4 Å². The zero-order chi connectivity index (χ0) is 20.3. The molecule has 0 aromatic heterocycles. The molecule has 1 aromatic rings. The van der Waals surface area contributed by atoms with E-state index < -0.39 is 24.0 Å². The van der Waals surface area contributed by atoms with Crippen LogP contribution < -0.4 is 20.9 Å². The number of nitrogens with two attached hydrogens (primary N) is 1. The number of thiocarbonyl (C=S) groups is 1. The van der Waals surface area contributed by atoms with Gasteiger partial charge in [-0.15, -0.1) is 0 Å². The van der Waals surface area contributed by atoms with Crippen LogP contribution in [0.1, 0.15) is 0 Å². The van der Waals surface area contributed by atoms with E-state index in [0.717, 1.165) is 0 Å². The highest BCUT2D eigenvalue weighted by Crippen LogP contribution is 2.28. The van der Waals surface area contributed by atoms with Crippen molar-refractivity contribution in [1.82, 2.24) is 10.2 Å². The molecule has 2 aliphatic heterocycles. The fourth-order valence-corrected chi connectivity index (χ4v) is 3.28. The van der Waals surface area contributed by atoms with Gasteiger partial charge in [-0.25, -0.2) is 14.0 Å². The van der Waals surface area contributed by atoms with Crippen molar-refractivity contribution >= 4 is 40.9 Å². The van der Waals surface area contributed by atoms with Gasteiger partial charge in [-0.3, -0.25) is 4.90 Å². The number of methoxy groups -OCH3 is 1. The largest absolute Gasteiger partial charge is 0.474 e. The third kappa shape index (κ3) is 4.35. The van der Waals surface area contributed by atoms with Crippen molar-refractivity contribution in [2.24, 2.45) is 5.73 Å². The number of nitrogens with one attached hydrogen (secondary N) is 1. The number of amides is 3. The minimum atomic E-state index is -0.544. The van der Waals surface area contributed by atoms with Crippen molar-refractivity contribution in [3.05, 3.63) is 24.0 Å².